The second-order valence-electron chi connectivity index (χ2n) is 7.48. The average Bonchev–Trinajstić information content (AvgIpc) is 3.13. The number of alkyl halides is 6. The molecular formula is C19H18F6N6O. The van der Waals surface area contributed by atoms with Crippen LogP contribution in [-0.2, 0) is 12.7 Å². The van der Waals surface area contributed by atoms with Crippen LogP contribution in [0.3, 0.4) is 0 Å². The molecular weight excluding hydrogens is 442 g/mol. The molecule has 0 aliphatic carbocycles. The molecule has 0 spiro atoms. The summed E-state index contributed by atoms with van der Waals surface area (Å²) < 4.78 is 85.6. The fourth-order valence-corrected chi connectivity index (χ4v) is 3.51. The Morgan fingerprint density at radius 3 is 2.72 bits per heavy atom. The number of anilines is 1. The van der Waals surface area contributed by atoms with Gasteiger partial charge in [0.05, 0.1) is 18.9 Å². The molecule has 32 heavy (non-hydrogen) atoms. The minimum atomic E-state index is -4.64. The molecule has 0 radical (unpaired) electrons. The van der Waals surface area contributed by atoms with Gasteiger partial charge in [0.1, 0.15) is 30.2 Å². The number of pyridine rings is 1. The van der Waals surface area contributed by atoms with Gasteiger partial charge in [-0.25, -0.2) is 32.8 Å². The molecule has 3 aromatic heterocycles. The average molecular weight is 460 g/mol. The molecule has 0 bridgehead atoms. The zero-order valence-electron chi connectivity index (χ0n) is 16.6. The molecule has 3 aromatic rings. The molecule has 7 nitrogen and oxygen atoms in total. The van der Waals surface area contributed by atoms with Crippen LogP contribution in [0, 0.1) is 0 Å². The van der Waals surface area contributed by atoms with Gasteiger partial charge in [0, 0.05) is 12.6 Å². The van der Waals surface area contributed by atoms with Crippen molar-refractivity contribution in [1.82, 2.24) is 24.7 Å². The van der Waals surface area contributed by atoms with Gasteiger partial charge in [-0.05, 0) is 18.9 Å². The van der Waals surface area contributed by atoms with Crippen LogP contribution >= 0.6 is 0 Å². The van der Waals surface area contributed by atoms with E-state index >= 15 is 4.39 Å². The first-order valence-electron chi connectivity index (χ1n) is 9.71. The normalized spacial score (nSPS) is 19.7. The second kappa shape index (κ2) is 8.43. The Hall–Kier alpha value is -3.12. The monoisotopic (exact) mass is 460 g/mol. The Morgan fingerprint density at radius 1 is 1.16 bits per heavy atom. The first kappa shape index (κ1) is 22.1. The molecule has 4 rings (SSSR count). The Kier molecular flexibility index (Phi) is 5.82. The quantitative estimate of drug-likeness (QED) is 0.520. The first-order valence-corrected chi connectivity index (χ1v) is 9.71. The predicted molar refractivity (Wildman–Crippen MR) is 101 cm³/mol. The number of nitrogens with zero attached hydrogens (tertiary/aromatic N) is 6. The number of piperidine rings is 1. The van der Waals surface area contributed by atoms with E-state index in [-0.39, 0.29) is 30.3 Å². The highest BCUT2D eigenvalue weighted by atomic mass is 19.4. The fraction of sp³-hybridized carbons (Fsp3) is 0.474. The van der Waals surface area contributed by atoms with E-state index in [1.165, 1.54) is 18.5 Å². The minimum absolute atomic E-state index is 0.126. The third kappa shape index (κ3) is 4.86. The second-order valence-corrected chi connectivity index (χ2v) is 7.48. The molecule has 0 amide bonds. The van der Waals surface area contributed by atoms with Crippen molar-refractivity contribution >= 4 is 17.0 Å². The van der Waals surface area contributed by atoms with Crippen LogP contribution in [0.4, 0.5) is 32.2 Å². The van der Waals surface area contributed by atoms with Crippen LogP contribution in [0.25, 0.3) is 11.2 Å². The number of aromatic nitrogens is 5. The molecule has 1 atom stereocenters. The van der Waals surface area contributed by atoms with Gasteiger partial charge < -0.3 is 9.64 Å². The number of ether oxygens (including phenoxy) is 1. The van der Waals surface area contributed by atoms with Crippen LogP contribution < -0.4 is 9.64 Å². The molecule has 1 saturated heterocycles. The largest absolute Gasteiger partial charge is 0.474 e. The van der Waals surface area contributed by atoms with Crippen LogP contribution in [0.1, 0.15) is 18.5 Å². The van der Waals surface area contributed by atoms with E-state index in [9.17, 15) is 22.0 Å². The molecule has 0 N–H and O–H groups in total. The van der Waals surface area contributed by atoms with Gasteiger partial charge in [-0.3, -0.25) is 0 Å². The van der Waals surface area contributed by atoms with Crippen molar-refractivity contribution in [1.29, 1.82) is 0 Å². The standard InChI is InChI=1S/C19H18F6N6O/c20-14(21)9-31-17-12(7-27-31)26-8-15(29-17)30-6-2-5-18(22,10-30)11-32-16-4-1-3-13(28-16)19(23,24)25/h1,3-4,7-8,14H,2,5-6,9-11H2. The molecule has 0 saturated carbocycles. The van der Waals surface area contributed by atoms with Crippen LogP contribution in [-0.4, -0.2) is 56.5 Å². The summed E-state index contributed by atoms with van der Waals surface area (Å²) in [6.45, 7) is -0.866. The maximum Gasteiger partial charge on any atom is 0.433 e. The highest BCUT2D eigenvalue weighted by molar-refractivity contribution is 5.71. The lowest BCUT2D eigenvalue weighted by molar-refractivity contribution is -0.141. The molecule has 1 aliphatic rings. The van der Waals surface area contributed by atoms with E-state index in [4.69, 9.17) is 4.74 Å². The van der Waals surface area contributed by atoms with Crippen LogP contribution in [0.15, 0.2) is 30.6 Å². The van der Waals surface area contributed by atoms with Gasteiger partial charge in [0.15, 0.2) is 11.3 Å². The number of fused-ring (bicyclic) bond motifs is 1. The lowest BCUT2D eigenvalue weighted by Crippen LogP contribution is -2.49. The van der Waals surface area contributed by atoms with Crippen molar-refractivity contribution in [2.75, 3.05) is 24.6 Å². The maximum absolute atomic E-state index is 15.5. The van der Waals surface area contributed by atoms with Gasteiger partial charge in [0.2, 0.25) is 5.88 Å². The zero-order valence-corrected chi connectivity index (χ0v) is 16.6. The number of halogens is 6. The smallest absolute Gasteiger partial charge is 0.433 e. The van der Waals surface area contributed by atoms with Crippen molar-refractivity contribution in [3.8, 4) is 5.88 Å². The fourth-order valence-electron chi connectivity index (χ4n) is 3.51. The van der Waals surface area contributed by atoms with Crippen molar-refractivity contribution in [2.24, 2.45) is 0 Å². The number of rotatable bonds is 6. The number of hydrogen-bond acceptors (Lipinski definition) is 6. The van der Waals surface area contributed by atoms with Gasteiger partial charge in [-0.15, -0.1) is 0 Å². The summed E-state index contributed by atoms with van der Waals surface area (Å²) in [5.41, 5.74) is -2.52. The lowest BCUT2D eigenvalue weighted by atomic mass is 9.95. The predicted octanol–water partition coefficient (Wildman–Crippen LogP) is 3.89. The van der Waals surface area contributed by atoms with Crippen LogP contribution in [0.2, 0.25) is 0 Å². The van der Waals surface area contributed by atoms with Gasteiger partial charge >= 0.3 is 6.18 Å². The minimum Gasteiger partial charge on any atom is -0.474 e. The van der Waals surface area contributed by atoms with Crippen molar-refractivity contribution in [2.45, 2.75) is 37.7 Å². The van der Waals surface area contributed by atoms with Crippen LogP contribution in [0.5, 0.6) is 5.88 Å². The SMILES string of the molecule is FC(F)Cn1ncc2ncc(N3CCCC(F)(COc4cccc(C(F)(F)F)n4)C3)nc21. The summed E-state index contributed by atoms with van der Waals surface area (Å²) >= 11 is 0. The van der Waals surface area contributed by atoms with Gasteiger partial charge in [0.25, 0.3) is 6.43 Å². The van der Waals surface area contributed by atoms with E-state index in [1.54, 1.807) is 4.90 Å². The Morgan fingerprint density at radius 2 is 1.97 bits per heavy atom. The summed E-state index contributed by atoms with van der Waals surface area (Å²) in [5.74, 6) is -0.0430. The van der Waals surface area contributed by atoms with E-state index in [0.29, 0.717) is 18.5 Å². The lowest BCUT2D eigenvalue weighted by Gasteiger charge is -2.37. The Bertz CT molecular complexity index is 1090. The highest BCUT2D eigenvalue weighted by Gasteiger charge is 2.38. The summed E-state index contributed by atoms with van der Waals surface area (Å²) in [6.07, 6.45) is -3.99. The van der Waals surface area contributed by atoms with Gasteiger partial charge in [-0.1, -0.05) is 6.07 Å². The Balaban J connectivity index is 1.48. The highest BCUT2D eigenvalue weighted by Crippen LogP contribution is 2.31. The molecule has 172 valence electrons. The Labute approximate surface area is 178 Å². The van der Waals surface area contributed by atoms with E-state index in [0.717, 1.165) is 16.8 Å². The van der Waals surface area contributed by atoms with E-state index in [2.05, 4.69) is 20.1 Å². The molecule has 13 heteroatoms. The molecule has 4 heterocycles. The zero-order chi connectivity index (χ0) is 22.9. The molecule has 1 fully saturated rings. The summed E-state index contributed by atoms with van der Waals surface area (Å²) in [7, 11) is 0. The summed E-state index contributed by atoms with van der Waals surface area (Å²) in [6, 6.07) is 3.16. The summed E-state index contributed by atoms with van der Waals surface area (Å²) in [5, 5.41) is 3.85. The van der Waals surface area contributed by atoms with E-state index in [1.807, 2.05) is 0 Å². The third-order valence-corrected chi connectivity index (χ3v) is 4.99. The van der Waals surface area contributed by atoms with E-state index < -0.39 is 37.1 Å². The number of hydrogen-bond donors (Lipinski definition) is 0. The maximum atomic E-state index is 15.5. The molecule has 0 aromatic carbocycles. The van der Waals surface area contributed by atoms with Crippen molar-refractivity contribution in [3.05, 3.63) is 36.3 Å². The van der Waals surface area contributed by atoms with Crippen molar-refractivity contribution in [3.63, 3.8) is 0 Å². The molecule has 1 unspecified atom stereocenters. The molecule has 1 aliphatic heterocycles. The first-order chi connectivity index (χ1) is 15.1. The van der Waals surface area contributed by atoms with Gasteiger partial charge in [-0.2, -0.15) is 18.3 Å². The van der Waals surface area contributed by atoms with Crippen molar-refractivity contribution < 1.29 is 31.1 Å². The topological polar surface area (TPSA) is 69.0 Å². The third-order valence-electron chi connectivity index (χ3n) is 4.99. The summed E-state index contributed by atoms with van der Waals surface area (Å²) in [4.78, 5) is 13.4.